The smallest absolute Gasteiger partial charge is 0.291 e. The van der Waals surface area contributed by atoms with Crippen LogP contribution in [0.25, 0.3) is 0 Å². The SMILES string of the molecule is O=NO.O=[N+]([O-])O.O=[N+]([O-])O. The van der Waals surface area contributed by atoms with Crippen LogP contribution < -0.4 is 0 Å². The molecule has 0 bridgehead atoms. The Balaban J connectivity index is -0.0000000886. The van der Waals surface area contributed by atoms with Gasteiger partial charge in [-0.2, -0.15) is 0 Å². The van der Waals surface area contributed by atoms with Crippen molar-refractivity contribution in [3.05, 3.63) is 25.1 Å². The molecule has 11 heteroatoms. The van der Waals surface area contributed by atoms with Crippen molar-refractivity contribution >= 4 is 0 Å². The summed E-state index contributed by atoms with van der Waals surface area (Å²) >= 11 is 0. The van der Waals surface area contributed by atoms with Crippen LogP contribution in [-0.4, -0.2) is 25.8 Å². The van der Waals surface area contributed by atoms with Gasteiger partial charge in [-0.05, 0) is 0 Å². The quantitative estimate of drug-likeness (QED) is 0.248. The number of rotatable bonds is 0. The monoisotopic (exact) mass is 173 g/mol. The summed E-state index contributed by atoms with van der Waals surface area (Å²) in [6.45, 7) is 0. The summed E-state index contributed by atoms with van der Waals surface area (Å²) < 4.78 is 0. The molecule has 0 aliphatic carbocycles. The molecule has 0 unspecified atom stereocenters. The molecule has 0 atom stereocenters. The second-order valence-electron chi connectivity index (χ2n) is 0.557. The molecule has 0 heterocycles. The summed E-state index contributed by atoms with van der Waals surface area (Å²) in [5.41, 5.74) is 0. The Bertz CT molecular complexity index is 96.5. The van der Waals surface area contributed by atoms with E-state index >= 15 is 0 Å². The van der Waals surface area contributed by atoms with Crippen LogP contribution in [-0.2, 0) is 0 Å². The zero-order valence-electron chi connectivity index (χ0n) is 4.72. The lowest BCUT2D eigenvalue weighted by molar-refractivity contribution is -0.742. The normalized spacial score (nSPS) is 5.45. The van der Waals surface area contributed by atoms with Crippen LogP contribution >= 0.6 is 0 Å². The molecule has 0 aromatic rings. The first-order chi connectivity index (χ1) is 4.88. The lowest BCUT2D eigenvalue weighted by Crippen LogP contribution is -1.81. The number of hydrogen-bond donors (Lipinski definition) is 3. The highest BCUT2D eigenvalue weighted by Gasteiger charge is 1.65. The average Bonchev–Trinajstić information content (AvgIpc) is 1.60. The third-order valence-corrected chi connectivity index (χ3v) is 0. The first-order valence-electron chi connectivity index (χ1n) is 1.51. The van der Waals surface area contributed by atoms with Crippen LogP contribution in [0.3, 0.4) is 0 Å². The zero-order valence-corrected chi connectivity index (χ0v) is 4.72. The molecular formula is H3N3O8. The first-order valence-corrected chi connectivity index (χ1v) is 1.51. The predicted octanol–water partition coefficient (Wildman–Crippen LogP) is -0.553. The summed E-state index contributed by atoms with van der Waals surface area (Å²) in [7, 11) is 0. The van der Waals surface area contributed by atoms with Crippen LogP contribution in [0.4, 0.5) is 0 Å². The maximum Gasteiger partial charge on any atom is 0.291 e. The molecule has 0 amide bonds. The van der Waals surface area contributed by atoms with Crippen LogP contribution in [0.1, 0.15) is 0 Å². The van der Waals surface area contributed by atoms with E-state index in [-0.39, 0.29) is 0 Å². The summed E-state index contributed by atoms with van der Waals surface area (Å²) in [5, 5.41) is 35.2. The highest BCUT2D eigenvalue weighted by atomic mass is 16.9. The molecule has 0 rings (SSSR count). The van der Waals surface area contributed by atoms with Crippen molar-refractivity contribution in [3.8, 4) is 0 Å². The van der Waals surface area contributed by atoms with Crippen molar-refractivity contribution in [2.75, 3.05) is 0 Å². The Labute approximate surface area is 57.6 Å². The fourth-order valence-corrected chi connectivity index (χ4v) is 0. The van der Waals surface area contributed by atoms with Crippen LogP contribution in [0.2, 0.25) is 0 Å². The van der Waals surface area contributed by atoms with Gasteiger partial charge in [0.15, 0.2) is 5.34 Å². The Morgan fingerprint density at radius 2 is 1.09 bits per heavy atom. The maximum atomic E-state index is 8.36. The van der Waals surface area contributed by atoms with Gasteiger partial charge >= 0.3 is 0 Å². The molecule has 0 saturated carbocycles. The highest BCUT2D eigenvalue weighted by molar-refractivity contribution is 3.84. The van der Waals surface area contributed by atoms with Gasteiger partial charge in [0.25, 0.3) is 10.2 Å². The van der Waals surface area contributed by atoms with Crippen LogP contribution in [0.5, 0.6) is 0 Å². The third kappa shape index (κ3) is 54.2. The standard InChI is InChI=1S/2HNO3.HNO2/c2*2-1(3)4;2-1-3/h2*(H,2,3,4);(H,2,3). The second kappa shape index (κ2) is 15.7. The molecule has 0 aliphatic rings. The summed E-state index contributed by atoms with van der Waals surface area (Å²) in [4.78, 5) is 24.8. The van der Waals surface area contributed by atoms with Gasteiger partial charge in [0.2, 0.25) is 0 Å². The molecule has 11 heavy (non-hydrogen) atoms. The zero-order chi connectivity index (χ0) is 9.86. The molecule has 0 aromatic carbocycles. The minimum Gasteiger partial charge on any atom is -0.379 e. The Morgan fingerprint density at radius 3 is 1.09 bits per heavy atom. The topological polar surface area (TPSA) is 176 Å². The van der Waals surface area contributed by atoms with E-state index in [0.29, 0.717) is 0 Å². The summed E-state index contributed by atoms with van der Waals surface area (Å²) in [6.07, 6.45) is 0. The molecule has 0 aromatic heterocycles. The molecule has 0 radical (unpaired) electrons. The van der Waals surface area contributed by atoms with E-state index in [1.165, 1.54) is 5.34 Å². The van der Waals surface area contributed by atoms with E-state index in [9.17, 15) is 0 Å². The molecule has 11 nitrogen and oxygen atoms in total. The van der Waals surface area contributed by atoms with Gasteiger partial charge in [-0.25, -0.2) is 0 Å². The van der Waals surface area contributed by atoms with E-state index in [1.54, 1.807) is 0 Å². The fraction of sp³-hybridized carbons (Fsp3) is 0. The van der Waals surface area contributed by atoms with Gasteiger partial charge in [0.05, 0.1) is 0 Å². The maximum absolute atomic E-state index is 8.36. The molecule has 3 N–H and O–H groups in total. The average molecular weight is 173 g/mol. The van der Waals surface area contributed by atoms with E-state index in [1.807, 2.05) is 0 Å². The van der Waals surface area contributed by atoms with Gasteiger partial charge in [0.1, 0.15) is 0 Å². The minimum absolute atomic E-state index is 1.25. The molecular weight excluding hydrogens is 170 g/mol. The Hall–Kier alpha value is -2.20. The van der Waals surface area contributed by atoms with Crippen LogP contribution in [0.15, 0.2) is 5.34 Å². The van der Waals surface area contributed by atoms with Crippen molar-refractivity contribution in [1.82, 2.24) is 0 Å². The third-order valence-electron chi connectivity index (χ3n) is 0. The molecule has 0 fully saturated rings. The van der Waals surface area contributed by atoms with Crippen molar-refractivity contribution in [3.63, 3.8) is 0 Å². The Morgan fingerprint density at radius 1 is 1.09 bits per heavy atom. The number of nitrogens with zero attached hydrogens (tertiary/aromatic N) is 3. The predicted molar refractivity (Wildman–Crippen MR) is 25.1 cm³/mol. The van der Waals surface area contributed by atoms with Crippen LogP contribution in [0, 0.1) is 25.1 Å². The highest BCUT2D eigenvalue weighted by Crippen LogP contribution is 1.38. The van der Waals surface area contributed by atoms with Crippen molar-refractivity contribution in [2.24, 2.45) is 5.34 Å². The lowest BCUT2D eigenvalue weighted by Gasteiger charge is -1.56. The van der Waals surface area contributed by atoms with Crippen molar-refractivity contribution in [1.29, 1.82) is 0 Å². The lowest BCUT2D eigenvalue weighted by atomic mass is 13.1. The van der Waals surface area contributed by atoms with Crippen molar-refractivity contribution < 1.29 is 25.8 Å². The summed E-state index contributed by atoms with van der Waals surface area (Å²) in [6, 6.07) is 0. The molecule has 0 saturated heterocycles. The van der Waals surface area contributed by atoms with Gasteiger partial charge in [0, 0.05) is 0 Å². The second-order valence-corrected chi connectivity index (χ2v) is 0.557. The van der Waals surface area contributed by atoms with E-state index < -0.39 is 10.2 Å². The first kappa shape index (κ1) is 15.9. The fourth-order valence-electron chi connectivity index (χ4n) is 0. The molecule has 66 valence electrons. The molecule has 0 spiro atoms. The summed E-state index contributed by atoms with van der Waals surface area (Å²) in [5.74, 6) is 0. The van der Waals surface area contributed by atoms with E-state index in [0.717, 1.165) is 0 Å². The Kier molecular flexibility index (Phi) is 22.6. The molecule has 0 aliphatic heterocycles. The van der Waals surface area contributed by atoms with Gasteiger partial charge in [-0.3, -0.25) is 0 Å². The van der Waals surface area contributed by atoms with E-state index in [2.05, 4.69) is 0 Å². The van der Waals surface area contributed by atoms with Gasteiger partial charge in [-0.15, -0.1) is 25.1 Å². The van der Waals surface area contributed by atoms with Gasteiger partial charge in [-0.1, -0.05) is 0 Å². The van der Waals surface area contributed by atoms with Gasteiger partial charge < -0.3 is 15.6 Å². The number of hydrogen-bond acceptors (Lipinski definition) is 6. The van der Waals surface area contributed by atoms with E-state index in [4.69, 9.17) is 40.8 Å². The largest absolute Gasteiger partial charge is 0.379 e. The van der Waals surface area contributed by atoms with Crippen molar-refractivity contribution in [2.45, 2.75) is 0 Å². The minimum atomic E-state index is -1.50.